The molecule has 2 N–H and O–H groups in total. The van der Waals surface area contributed by atoms with Crippen LogP contribution < -0.4 is 5.32 Å². The Kier molecular flexibility index (Phi) is 5.22. The van der Waals surface area contributed by atoms with Crippen LogP contribution in [-0.4, -0.2) is 47.7 Å². The molecular weight excluding hydrogens is 252 g/mol. The highest BCUT2D eigenvalue weighted by atomic mass is 16.3. The minimum absolute atomic E-state index is 0.0761. The molecule has 0 atom stereocenters. The molecular formula is C16H28N2O2. The average Bonchev–Trinajstić information content (AvgIpc) is 2.37. The van der Waals surface area contributed by atoms with Gasteiger partial charge < -0.3 is 10.4 Å². The van der Waals surface area contributed by atoms with Crippen molar-refractivity contribution in [2.75, 3.05) is 26.2 Å². The molecule has 2 aliphatic rings. The van der Waals surface area contributed by atoms with Gasteiger partial charge in [-0.1, -0.05) is 25.5 Å². The highest BCUT2D eigenvalue weighted by molar-refractivity contribution is 5.78. The molecule has 0 aromatic heterocycles. The Balaban J connectivity index is 1.59. The van der Waals surface area contributed by atoms with Gasteiger partial charge in [0.15, 0.2) is 0 Å². The molecule has 1 heterocycles. The van der Waals surface area contributed by atoms with Gasteiger partial charge in [-0.15, -0.1) is 0 Å². The Morgan fingerprint density at radius 2 is 2.20 bits per heavy atom. The van der Waals surface area contributed by atoms with E-state index in [1.807, 2.05) is 18.7 Å². The first kappa shape index (κ1) is 15.5. The van der Waals surface area contributed by atoms with E-state index >= 15 is 0 Å². The molecule has 0 bridgehead atoms. The van der Waals surface area contributed by atoms with Crippen LogP contribution in [0, 0.1) is 5.92 Å². The van der Waals surface area contributed by atoms with Crippen molar-refractivity contribution in [3.05, 3.63) is 11.6 Å². The number of aliphatic hydroxyl groups is 1. The second-order valence-corrected chi connectivity index (χ2v) is 6.61. The van der Waals surface area contributed by atoms with Gasteiger partial charge in [-0.3, -0.25) is 9.69 Å². The molecule has 1 aliphatic heterocycles. The van der Waals surface area contributed by atoms with E-state index in [1.54, 1.807) is 0 Å². The minimum atomic E-state index is -0.590. The van der Waals surface area contributed by atoms with Gasteiger partial charge in [-0.2, -0.15) is 0 Å². The molecule has 2 rings (SSSR count). The third-order valence-corrected chi connectivity index (χ3v) is 4.59. The smallest absolute Gasteiger partial charge is 0.234 e. The maximum Gasteiger partial charge on any atom is 0.234 e. The maximum atomic E-state index is 11.8. The molecule has 1 fully saturated rings. The van der Waals surface area contributed by atoms with Gasteiger partial charge >= 0.3 is 0 Å². The van der Waals surface area contributed by atoms with Gasteiger partial charge in [0.25, 0.3) is 0 Å². The molecule has 0 aromatic carbocycles. The van der Waals surface area contributed by atoms with Crippen LogP contribution in [0.2, 0.25) is 0 Å². The van der Waals surface area contributed by atoms with Gasteiger partial charge in [-0.25, -0.2) is 0 Å². The number of β-amino-alcohol motifs (C(OH)–C–C–N with tert-alkyl or cyclic N) is 1. The Morgan fingerprint density at radius 3 is 2.80 bits per heavy atom. The van der Waals surface area contributed by atoms with Crippen molar-refractivity contribution < 1.29 is 9.90 Å². The van der Waals surface area contributed by atoms with E-state index in [1.165, 1.54) is 31.3 Å². The van der Waals surface area contributed by atoms with Crippen molar-refractivity contribution >= 4 is 5.91 Å². The van der Waals surface area contributed by atoms with E-state index in [2.05, 4.69) is 11.4 Å². The fraction of sp³-hybridized carbons (Fsp3) is 0.812. The largest absolute Gasteiger partial charge is 0.387 e. The molecule has 0 spiro atoms. The first-order chi connectivity index (χ1) is 9.49. The van der Waals surface area contributed by atoms with E-state index in [9.17, 15) is 9.90 Å². The number of hydrogen-bond donors (Lipinski definition) is 2. The second-order valence-electron chi connectivity index (χ2n) is 6.61. The number of nitrogens with zero attached hydrogens (tertiary/aromatic N) is 1. The molecule has 1 aliphatic carbocycles. The van der Waals surface area contributed by atoms with Gasteiger partial charge in [-0.05, 0) is 38.0 Å². The topological polar surface area (TPSA) is 52.6 Å². The van der Waals surface area contributed by atoms with Crippen molar-refractivity contribution in [2.45, 2.75) is 51.6 Å². The zero-order valence-electron chi connectivity index (χ0n) is 12.8. The number of carbonyl (C=O) groups is 1. The number of hydrogen-bond acceptors (Lipinski definition) is 3. The summed E-state index contributed by atoms with van der Waals surface area (Å²) in [4.78, 5) is 13.8. The van der Waals surface area contributed by atoms with Crippen LogP contribution in [0.5, 0.6) is 0 Å². The fourth-order valence-corrected chi connectivity index (χ4v) is 2.96. The molecule has 20 heavy (non-hydrogen) atoms. The van der Waals surface area contributed by atoms with E-state index < -0.39 is 5.60 Å². The molecule has 114 valence electrons. The minimum Gasteiger partial charge on any atom is -0.387 e. The standard InChI is InChI=1S/C16H28N2O2/c1-13(2)16(20)11-18(12-16)10-15(19)17-9-8-14-6-4-3-5-7-14/h6,13,20H,3-5,7-12H2,1-2H3,(H,17,19). The zero-order valence-corrected chi connectivity index (χ0v) is 12.8. The van der Waals surface area contributed by atoms with Gasteiger partial charge in [0, 0.05) is 19.6 Å². The summed E-state index contributed by atoms with van der Waals surface area (Å²) < 4.78 is 0. The monoisotopic (exact) mass is 280 g/mol. The van der Waals surface area contributed by atoms with E-state index in [-0.39, 0.29) is 11.8 Å². The lowest BCUT2D eigenvalue weighted by molar-refractivity contribution is -0.142. The number of nitrogens with one attached hydrogen (secondary N) is 1. The summed E-state index contributed by atoms with van der Waals surface area (Å²) in [5, 5.41) is 13.1. The van der Waals surface area contributed by atoms with Crippen molar-refractivity contribution in [1.82, 2.24) is 10.2 Å². The maximum absolute atomic E-state index is 11.8. The van der Waals surface area contributed by atoms with Crippen molar-refractivity contribution in [3.8, 4) is 0 Å². The lowest BCUT2D eigenvalue weighted by atomic mass is 9.83. The Morgan fingerprint density at radius 1 is 1.45 bits per heavy atom. The van der Waals surface area contributed by atoms with Crippen LogP contribution >= 0.6 is 0 Å². The van der Waals surface area contributed by atoms with Crippen LogP contribution in [-0.2, 0) is 4.79 Å². The third-order valence-electron chi connectivity index (χ3n) is 4.59. The van der Waals surface area contributed by atoms with Crippen LogP contribution in [0.15, 0.2) is 11.6 Å². The molecule has 1 saturated heterocycles. The lowest BCUT2D eigenvalue weighted by Crippen LogP contribution is -2.65. The Bertz CT molecular complexity index is 371. The first-order valence-electron chi connectivity index (χ1n) is 7.89. The summed E-state index contributed by atoms with van der Waals surface area (Å²) >= 11 is 0. The van der Waals surface area contributed by atoms with Crippen molar-refractivity contribution in [3.63, 3.8) is 0 Å². The van der Waals surface area contributed by atoms with Crippen LogP contribution in [0.3, 0.4) is 0 Å². The molecule has 0 saturated carbocycles. The van der Waals surface area contributed by atoms with Crippen LogP contribution in [0.1, 0.15) is 46.0 Å². The van der Waals surface area contributed by atoms with E-state index in [0.29, 0.717) is 19.6 Å². The SMILES string of the molecule is CC(C)C1(O)CN(CC(=O)NCCC2=CCCCC2)C1. The lowest BCUT2D eigenvalue weighted by Gasteiger charge is -2.48. The second kappa shape index (κ2) is 6.72. The Labute approximate surface area is 122 Å². The zero-order chi connectivity index (χ0) is 14.6. The van der Waals surface area contributed by atoms with Gasteiger partial charge in [0.2, 0.25) is 5.91 Å². The normalized spacial score (nSPS) is 22.3. The number of amides is 1. The predicted molar refractivity (Wildman–Crippen MR) is 80.4 cm³/mol. The number of likely N-dealkylation sites (tertiary alicyclic amines) is 1. The summed E-state index contributed by atoms with van der Waals surface area (Å²) in [6.45, 7) is 6.43. The van der Waals surface area contributed by atoms with E-state index in [0.717, 1.165) is 13.0 Å². The highest BCUT2D eigenvalue weighted by Crippen LogP contribution is 2.27. The summed E-state index contributed by atoms with van der Waals surface area (Å²) in [5.74, 6) is 0.326. The molecule has 0 aromatic rings. The molecule has 0 radical (unpaired) electrons. The number of carbonyl (C=O) groups excluding carboxylic acids is 1. The van der Waals surface area contributed by atoms with Gasteiger partial charge in [0.05, 0.1) is 12.1 Å². The van der Waals surface area contributed by atoms with E-state index in [4.69, 9.17) is 0 Å². The molecule has 0 unspecified atom stereocenters. The van der Waals surface area contributed by atoms with Crippen molar-refractivity contribution in [2.24, 2.45) is 5.92 Å². The van der Waals surface area contributed by atoms with Crippen LogP contribution in [0.25, 0.3) is 0 Å². The fourth-order valence-electron chi connectivity index (χ4n) is 2.96. The summed E-state index contributed by atoms with van der Waals surface area (Å²) in [6.07, 6.45) is 8.31. The molecule has 4 nitrogen and oxygen atoms in total. The van der Waals surface area contributed by atoms with Gasteiger partial charge in [0.1, 0.15) is 0 Å². The number of allylic oxidation sites excluding steroid dienone is 1. The summed E-state index contributed by atoms with van der Waals surface area (Å²) in [7, 11) is 0. The van der Waals surface area contributed by atoms with Crippen LogP contribution in [0.4, 0.5) is 0 Å². The quantitative estimate of drug-likeness (QED) is 0.728. The summed E-state index contributed by atoms with van der Waals surface area (Å²) in [5.41, 5.74) is 0.905. The predicted octanol–water partition coefficient (Wildman–Crippen LogP) is 1.70. The molecule has 4 heteroatoms. The average molecular weight is 280 g/mol. The third kappa shape index (κ3) is 4.06. The highest BCUT2D eigenvalue weighted by Gasteiger charge is 2.43. The summed E-state index contributed by atoms with van der Waals surface area (Å²) in [6, 6.07) is 0. The first-order valence-corrected chi connectivity index (χ1v) is 7.89. The van der Waals surface area contributed by atoms with Crippen molar-refractivity contribution in [1.29, 1.82) is 0 Å². The Hall–Kier alpha value is -0.870. The molecule has 1 amide bonds. The number of rotatable bonds is 6.